The van der Waals surface area contributed by atoms with Gasteiger partial charge in [-0.25, -0.2) is 4.68 Å². The van der Waals surface area contributed by atoms with Gasteiger partial charge >= 0.3 is 0 Å². The molecule has 0 bridgehead atoms. The average molecular weight is 409 g/mol. The lowest BCUT2D eigenvalue weighted by atomic mass is 10.0. The first-order chi connectivity index (χ1) is 14.6. The van der Waals surface area contributed by atoms with Crippen LogP contribution in [0.5, 0.6) is 0 Å². The molecule has 2 fully saturated rings. The molecule has 3 aliphatic rings. The predicted octanol–water partition coefficient (Wildman–Crippen LogP) is -0.658. The molecule has 2 aromatic rings. The molecule has 3 amide bonds. The van der Waals surface area contributed by atoms with Gasteiger partial charge in [0.05, 0.1) is 12.2 Å². The van der Waals surface area contributed by atoms with Gasteiger partial charge in [0.25, 0.3) is 5.91 Å². The largest absolute Gasteiger partial charge is 0.322 e. The van der Waals surface area contributed by atoms with E-state index >= 15 is 0 Å². The van der Waals surface area contributed by atoms with E-state index in [1.807, 2.05) is 29.1 Å². The van der Waals surface area contributed by atoms with Crippen molar-refractivity contribution in [3.63, 3.8) is 0 Å². The molecule has 0 spiro atoms. The van der Waals surface area contributed by atoms with Gasteiger partial charge in [-0.2, -0.15) is 0 Å². The van der Waals surface area contributed by atoms with Crippen molar-refractivity contribution in [2.45, 2.75) is 44.1 Å². The van der Waals surface area contributed by atoms with Gasteiger partial charge in [-0.3, -0.25) is 19.7 Å². The smallest absolute Gasteiger partial charge is 0.255 e. The molecule has 30 heavy (non-hydrogen) atoms. The highest BCUT2D eigenvalue weighted by Crippen LogP contribution is 2.30. The van der Waals surface area contributed by atoms with Crippen molar-refractivity contribution in [3.05, 3.63) is 47.3 Å². The van der Waals surface area contributed by atoms with E-state index < -0.39 is 6.04 Å². The highest BCUT2D eigenvalue weighted by Gasteiger charge is 2.40. The summed E-state index contributed by atoms with van der Waals surface area (Å²) >= 11 is 0. The zero-order valence-electron chi connectivity index (χ0n) is 16.4. The number of imide groups is 1. The zero-order valence-corrected chi connectivity index (χ0v) is 16.4. The number of carbonyl (C=O) groups is 3. The maximum Gasteiger partial charge on any atom is 0.255 e. The number of carbonyl (C=O) groups excluding carboxylic acids is 3. The van der Waals surface area contributed by atoms with Gasteiger partial charge in [-0.05, 0) is 17.5 Å². The van der Waals surface area contributed by atoms with Gasteiger partial charge in [0.15, 0.2) is 0 Å². The second-order valence-electron chi connectivity index (χ2n) is 7.95. The molecule has 10 heteroatoms. The highest BCUT2D eigenvalue weighted by molar-refractivity contribution is 6.05. The molecule has 3 N–H and O–H groups in total. The first-order valence-corrected chi connectivity index (χ1v) is 10.2. The highest BCUT2D eigenvalue weighted by atomic mass is 16.2. The van der Waals surface area contributed by atoms with Gasteiger partial charge < -0.3 is 15.5 Å². The summed E-state index contributed by atoms with van der Waals surface area (Å²) in [6.45, 7) is 2.53. The normalized spacial score (nSPS) is 26.2. The third kappa shape index (κ3) is 3.27. The molecule has 5 rings (SSSR count). The third-order valence-electron chi connectivity index (χ3n) is 6.16. The number of piperidine rings is 1. The summed E-state index contributed by atoms with van der Waals surface area (Å²) in [4.78, 5) is 38.5. The summed E-state index contributed by atoms with van der Waals surface area (Å²) in [5.74, 6) is -0.813. The van der Waals surface area contributed by atoms with Crippen LogP contribution in [-0.2, 0) is 22.7 Å². The number of benzene rings is 1. The van der Waals surface area contributed by atoms with Crippen molar-refractivity contribution in [2.75, 3.05) is 13.1 Å². The third-order valence-corrected chi connectivity index (χ3v) is 6.16. The molecule has 1 unspecified atom stereocenters. The molecule has 156 valence electrons. The molecule has 4 heterocycles. The molecule has 3 atom stereocenters. The number of nitrogens with one attached hydrogen (secondary N) is 3. The molecule has 0 aliphatic carbocycles. The summed E-state index contributed by atoms with van der Waals surface area (Å²) in [5.41, 5.74) is 2.50. The Bertz CT molecular complexity index is 990. The van der Waals surface area contributed by atoms with Crippen LogP contribution in [0.4, 0.5) is 0 Å². The maximum atomic E-state index is 13.2. The Morgan fingerprint density at radius 1 is 1.20 bits per heavy atom. The number of nitrogens with zero attached hydrogens (tertiary/aromatic N) is 4. The van der Waals surface area contributed by atoms with Crippen molar-refractivity contribution >= 4 is 17.7 Å². The van der Waals surface area contributed by atoms with Crippen molar-refractivity contribution in [2.24, 2.45) is 0 Å². The first-order valence-electron chi connectivity index (χ1n) is 10.2. The first kappa shape index (κ1) is 18.9. The van der Waals surface area contributed by atoms with Crippen LogP contribution in [0.3, 0.4) is 0 Å². The van der Waals surface area contributed by atoms with Gasteiger partial charge in [-0.1, -0.05) is 23.4 Å². The van der Waals surface area contributed by atoms with Crippen LogP contribution < -0.4 is 16.0 Å². The topological polar surface area (TPSA) is 121 Å². The standard InChI is InChI=1S/C20H23N7O3/c28-17-5-4-15(19(29)24-17)26-11-13-3-1-2-12(18(13)20(26)30)8-22-14-9-21-10-16(14)27-7-6-23-25-27/h1-3,6-7,14-16,21-22H,4-5,8-11H2,(H,24,28,29)/t14-,15?,16+/m1/s1. The maximum absolute atomic E-state index is 13.2. The van der Waals surface area contributed by atoms with Crippen LogP contribution in [0, 0.1) is 0 Å². The van der Waals surface area contributed by atoms with Crippen LogP contribution in [-0.4, -0.2) is 62.8 Å². The summed E-state index contributed by atoms with van der Waals surface area (Å²) < 4.78 is 1.85. The lowest BCUT2D eigenvalue weighted by Gasteiger charge is -2.29. The summed E-state index contributed by atoms with van der Waals surface area (Å²) in [6, 6.07) is 5.53. The summed E-state index contributed by atoms with van der Waals surface area (Å²) in [5, 5.41) is 17.3. The van der Waals surface area contributed by atoms with Crippen LogP contribution in [0.1, 0.15) is 40.4 Å². The van der Waals surface area contributed by atoms with E-state index in [0.29, 0.717) is 25.1 Å². The minimum Gasteiger partial charge on any atom is -0.322 e. The van der Waals surface area contributed by atoms with Crippen molar-refractivity contribution in [1.82, 2.24) is 35.8 Å². The van der Waals surface area contributed by atoms with Crippen LogP contribution in [0.25, 0.3) is 0 Å². The van der Waals surface area contributed by atoms with E-state index in [1.165, 1.54) is 0 Å². The van der Waals surface area contributed by atoms with E-state index in [-0.39, 0.29) is 36.2 Å². The molecular weight excluding hydrogens is 386 g/mol. The van der Waals surface area contributed by atoms with Gasteiger partial charge in [0.2, 0.25) is 11.8 Å². The van der Waals surface area contributed by atoms with E-state index in [2.05, 4.69) is 26.3 Å². The van der Waals surface area contributed by atoms with E-state index in [0.717, 1.165) is 24.2 Å². The van der Waals surface area contributed by atoms with Crippen molar-refractivity contribution < 1.29 is 14.4 Å². The molecule has 2 saturated heterocycles. The molecule has 0 radical (unpaired) electrons. The Morgan fingerprint density at radius 2 is 2.10 bits per heavy atom. The van der Waals surface area contributed by atoms with Gasteiger partial charge in [-0.15, -0.1) is 5.10 Å². The average Bonchev–Trinajstić information content (AvgIpc) is 3.47. The molecule has 0 saturated carbocycles. The Kier molecular flexibility index (Phi) is 4.80. The SMILES string of the molecule is O=C1CCC(N2Cc3cccc(CN[C@@H]4CNC[C@@H]4n4ccnn4)c3C2=O)C(=O)N1. The summed E-state index contributed by atoms with van der Waals surface area (Å²) in [6.07, 6.45) is 4.14. The lowest BCUT2D eigenvalue weighted by molar-refractivity contribution is -0.136. The monoisotopic (exact) mass is 409 g/mol. The molecular formula is C20H23N7O3. The number of amides is 3. The van der Waals surface area contributed by atoms with Crippen LogP contribution in [0.15, 0.2) is 30.6 Å². The molecule has 3 aliphatic heterocycles. The van der Waals surface area contributed by atoms with E-state index in [4.69, 9.17) is 0 Å². The zero-order chi connectivity index (χ0) is 20.7. The fourth-order valence-corrected chi connectivity index (χ4v) is 4.62. The van der Waals surface area contributed by atoms with Gasteiger partial charge in [0.1, 0.15) is 6.04 Å². The Balaban J connectivity index is 1.31. The quantitative estimate of drug-likeness (QED) is 0.561. The fourth-order valence-electron chi connectivity index (χ4n) is 4.62. The minimum atomic E-state index is -0.598. The Morgan fingerprint density at radius 3 is 2.90 bits per heavy atom. The second kappa shape index (κ2) is 7.62. The van der Waals surface area contributed by atoms with Crippen molar-refractivity contribution in [1.29, 1.82) is 0 Å². The fraction of sp³-hybridized carbons (Fsp3) is 0.450. The summed E-state index contributed by atoms with van der Waals surface area (Å²) in [7, 11) is 0. The van der Waals surface area contributed by atoms with Crippen LogP contribution >= 0.6 is 0 Å². The van der Waals surface area contributed by atoms with Crippen LogP contribution in [0.2, 0.25) is 0 Å². The number of rotatable bonds is 5. The number of fused-ring (bicyclic) bond motifs is 1. The Hall–Kier alpha value is -3.11. The van der Waals surface area contributed by atoms with Gasteiger partial charge in [0, 0.05) is 50.4 Å². The Labute approximate surface area is 173 Å². The second-order valence-corrected chi connectivity index (χ2v) is 7.95. The number of aromatic nitrogens is 3. The van der Waals surface area contributed by atoms with Crippen molar-refractivity contribution in [3.8, 4) is 0 Å². The van der Waals surface area contributed by atoms with E-state index in [1.54, 1.807) is 11.1 Å². The lowest BCUT2D eigenvalue weighted by Crippen LogP contribution is -2.52. The number of hydrogen-bond acceptors (Lipinski definition) is 7. The predicted molar refractivity (Wildman–Crippen MR) is 105 cm³/mol. The minimum absolute atomic E-state index is 0.144. The van der Waals surface area contributed by atoms with E-state index in [9.17, 15) is 14.4 Å². The number of hydrogen-bond donors (Lipinski definition) is 3. The molecule has 1 aromatic heterocycles. The molecule has 10 nitrogen and oxygen atoms in total. The molecule has 1 aromatic carbocycles.